The highest BCUT2D eigenvalue weighted by Gasteiger charge is 2.29. The number of ether oxygens (including phenoxy) is 1. The molecule has 0 amide bonds. The molecule has 5 heteroatoms. The summed E-state index contributed by atoms with van der Waals surface area (Å²) in [4.78, 5) is 19.1. The van der Waals surface area contributed by atoms with E-state index in [4.69, 9.17) is 4.74 Å². The molecule has 0 aromatic carbocycles. The molecular weight excluding hydrogens is 319 g/mol. The van der Waals surface area contributed by atoms with Crippen LogP contribution in [0.1, 0.15) is 49.7 Å². The van der Waals surface area contributed by atoms with Gasteiger partial charge in [0, 0.05) is 13.0 Å². The van der Waals surface area contributed by atoms with E-state index in [1.54, 1.807) is 7.11 Å². The molecule has 1 saturated carbocycles. The summed E-state index contributed by atoms with van der Waals surface area (Å²) < 4.78 is 6.03. The Balaban J connectivity index is 2.43. The number of hydrogen-bond donors (Lipinski definition) is 1. The van der Waals surface area contributed by atoms with Crippen molar-refractivity contribution >= 4 is 22.6 Å². The van der Waals surface area contributed by atoms with E-state index < -0.39 is 0 Å². The van der Waals surface area contributed by atoms with Gasteiger partial charge in [0.15, 0.2) is 0 Å². The zero-order valence-corrected chi connectivity index (χ0v) is 11.6. The predicted octanol–water partition coefficient (Wildman–Crippen LogP) is 2.35. The second-order valence-electron chi connectivity index (χ2n) is 4.06. The summed E-state index contributed by atoms with van der Waals surface area (Å²) in [5.74, 6) is 1.15. The molecule has 16 heavy (non-hydrogen) atoms. The highest BCUT2D eigenvalue weighted by molar-refractivity contribution is 14.1. The topological polar surface area (TPSA) is 55.0 Å². The lowest BCUT2D eigenvalue weighted by Gasteiger charge is -2.13. The molecule has 0 saturated heterocycles. The Bertz CT molecular complexity index is 436. The fraction of sp³-hybridized carbons (Fsp3) is 0.636. The Hall–Kier alpha value is -0.430. The summed E-state index contributed by atoms with van der Waals surface area (Å²) >= 11 is 2.08. The van der Waals surface area contributed by atoms with Crippen LogP contribution in [0.3, 0.4) is 0 Å². The first-order valence-electron chi connectivity index (χ1n) is 5.49. The molecule has 1 heterocycles. The number of methoxy groups -OCH3 is 1. The van der Waals surface area contributed by atoms with Crippen LogP contribution in [0.4, 0.5) is 0 Å². The first-order valence-corrected chi connectivity index (χ1v) is 6.57. The molecule has 1 aliphatic carbocycles. The third kappa shape index (κ3) is 2.29. The molecule has 0 radical (unpaired) electrons. The van der Waals surface area contributed by atoms with E-state index in [9.17, 15) is 4.79 Å². The molecular formula is C11H15IN2O2. The van der Waals surface area contributed by atoms with Crippen LogP contribution >= 0.6 is 22.6 Å². The van der Waals surface area contributed by atoms with E-state index in [1.807, 2.05) is 6.92 Å². The van der Waals surface area contributed by atoms with E-state index in [2.05, 4.69) is 32.6 Å². The molecule has 1 atom stereocenters. The molecule has 1 aromatic heterocycles. The fourth-order valence-corrected chi connectivity index (χ4v) is 2.44. The normalized spacial score (nSPS) is 17.4. The monoisotopic (exact) mass is 334 g/mol. The molecule has 0 aliphatic heterocycles. The summed E-state index contributed by atoms with van der Waals surface area (Å²) in [6.45, 7) is 2.02. The summed E-state index contributed by atoms with van der Waals surface area (Å²) in [6, 6.07) is 0. The molecule has 1 aliphatic rings. The van der Waals surface area contributed by atoms with Gasteiger partial charge in [-0.25, -0.2) is 4.98 Å². The average molecular weight is 334 g/mol. The van der Waals surface area contributed by atoms with Crippen LogP contribution in [0.25, 0.3) is 0 Å². The highest BCUT2D eigenvalue weighted by atomic mass is 127. The first kappa shape index (κ1) is 12.0. The standard InChI is InChI=1S/C11H15IN2O2/c1-3-7(16-2)10-13-9(6-4-5-6)8(12)11(15)14-10/h6-7H,3-5H2,1-2H3,(H,13,14,15). The smallest absolute Gasteiger partial charge is 0.264 e. The molecule has 1 aromatic rings. The number of nitrogens with zero attached hydrogens (tertiary/aromatic N) is 1. The third-order valence-electron chi connectivity index (χ3n) is 2.83. The number of halogens is 1. The van der Waals surface area contributed by atoms with E-state index in [1.165, 1.54) is 0 Å². The summed E-state index contributed by atoms with van der Waals surface area (Å²) in [5, 5.41) is 0. The van der Waals surface area contributed by atoms with E-state index in [0.717, 1.165) is 28.5 Å². The number of rotatable bonds is 4. The zero-order chi connectivity index (χ0) is 11.7. The van der Waals surface area contributed by atoms with Crippen molar-refractivity contribution in [1.29, 1.82) is 0 Å². The van der Waals surface area contributed by atoms with Crippen LogP contribution in [-0.2, 0) is 4.74 Å². The quantitative estimate of drug-likeness (QED) is 0.860. The summed E-state index contributed by atoms with van der Waals surface area (Å²) in [5.41, 5.74) is 0.915. The molecule has 88 valence electrons. The minimum atomic E-state index is -0.109. The van der Waals surface area contributed by atoms with E-state index in [0.29, 0.717) is 11.7 Å². The predicted molar refractivity (Wildman–Crippen MR) is 69.6 cm³/mol. The van der Waals surface area contributed by atoms with Crippen LogP contribution in [0.15, 0.2) is 4.79 Å². The number of aromatic nitrogens is 2. The molecule has 1 unspecified atom stereocenters. The third-order valence-corrected chi connectivity index (χ3v) is 3.87. The van der Waals surface area contributed by atoms with Gasteiger partial charge in [0.1, 0.15) is 11.9 Å². The van der Waals surface area contributed by atoms with Crippen molar-refractivity contribution in [2.45, 2.75) is 38.2 Å². The largest absolute Gasteiger partial charge is 0.374 e. The zero-order valence-electron chi connectivity index (χ0n) is 9.42. The molecule has 2 rings (SSSR count). The first-order chi connectivity index (χ1) is 7.67. The molecule has 4 nitrogen and oxygen atoms in total. The number of nitrogens with one attached hydrogen (secondary N) is 1. The maximum Gasteiger partial charge on any atom is 0.264 e. The maximum absolute atomic E-state index is 11.8. The Labute approximate surface area is 108 Å². The van der Waals surface area contributed by atoms with Crippen molar-refractivity contribution in [3.63, 3.8) is 0 Å². The number of hydrogen-bond acceptors (Lipinski definition) is 3. The van der Waals surface area contributed by atoms with Gasteiger partial charge in [-0.05, 0) is 41.9 Å². The van der Waals surface area contributed by atoms with Crippen molar-refractivity contribution in [2.75, 3.05) is 7.11 Å². The van der Waals surface area contributed by atoms with Gasteiger partial charge in [-0.2, -0.15) is 0 Å². The lowest BCUT2D eigenvalue weighted by atomic mass is 10.2. The minimum absolute atomic E-state index is 0.0389. The molecule has 1 N–H and O–H groups in total. The van der Waals surface area contributed by atoms with Gasteiger partial charge in [0.05, 0.1) is 9.26 Å². The van der Waals surface area contributed by atoms with Crippen molar-refractivity contribution in [1.82, 2.24) is 9.97 Å². The number of H-pyrrole nitrogens is 1. The summed E-state index contributed by atoms with van der Waals surface area (Å²) in [6.07, 6.45) is 3.00. The molecule has 0 spiro atoms. The average Bonchev–Trinajstić information content (AvgIpc) is 3.08. The van der Waals surface area contributed by atoms with Gasteiger partial charge in [0.25, 0.3) is 5.56 Å². The second kappa shape index (κ2) is 4.83. The van der Waals surface area contributed by atoms with Gasteiger partial charge in [0.2, 0.25) is 0 Å². The van der Waals surface area contributed by atoms with Crippen LogP contribution < -0.4 is 5.56 Å². The van der Waals surface area contributed by atoms with E-state index >= 15 is 0 Å². The van der Waals surface area contributed by atoms with Crippen molar-refractivity contribution < 1.29 is 4.74 Å². The lowest BCUT2D eigenvalue weighted by molar-refractivity contribution is 0.0921. The van der Waals surface area contributed by atoms with Crippen molar-refractivity contribution in [2.24, 2.45) is 0 Å². The Kier molecular flexibility index (Phi) is 3.63. The maximum atomic E-state index is 11.8. The van der Waals surface area contributed by atoms with E-state index in [-0.39, 0.29) is 11.7 Å². The Morgan fingerprint density at radius 2 is 2.31 bits per heavy atom. The van der Waals surface area contributed by atoms with Crippen molar-refractivity contribution in [3.05, 3.63) is 25.4 Å². The molecule has 1 fully saturated rings. The SMILES string of the molecule is CCC(OC)c1nc(C2CC2)c(I)c(=O)[nH]1. The highest BCUT2D eigenvalue weighted by Crippen LogP contribution is 2.40. The van der Waals surface area contributed by atoms with Gasteiger partial charge in [-0.1, -0.05) is 6.92 Å². The Morgan fingerprint density at radius 1 is 1.62 bits per heavy atom. The van der Waals surface area contributed by atoms with Crippen LogP contribution in [-0.4, -0.2) is 17.1 Å². The molecule has 0 bridgehead atoms. The Morgan fingerprint density at radius 3 is 2.81 bits per heavy atom. The van der Waals surface area contributed by atoms with Gasteiger partial charge < -0.3 is 9.72 Å². The van der Waals surface area contributed by atoms with Gasteiger partial charge in [-0.15, -0.1) is 0 Å². The van der Waals surface area contributed by atoms with Crippen LogP contribution in [0.5, 0.6) is 0 Å². The minimum Gasteiger partial charge on any atom is -0.374 e. The lowest BCUT2D eigenvalue weighted by Crippen LogP contribution is -2.20. The van der Waals surface area contributed by atoms with Gasteiger partial charge >= 0.3 is 0 Å². The second-order valence-corrected chi connectivity index (χ2v) is 5.14. The van der Waals surface area contributed by atoms with Crippen molar-refractivity contribution in [3.8, 4) is 0 Å². The number of aromatic amines is 1. The van der Waals surface area contributed by atoms with Gasteiger partial charge in [-0.3, -0.25) is 4.79 Å². The summed E-state index contributed by atoms with van der Waals surface area (Å²) in [7, 11) is 1.64. The van der Waals surface area contributed by atoms with Crippen LogP contribution in [0.2, 0.25) is 0 Å². The fourth-order valence-electron chi connectivity index (χ4n) is 1.75. The van der Waals surface area contributed by atoms with Crippen LogP contribution in [0, 0.1) is 3.57 Å².